The van der Waals surface area contributed by atoms with E-state index in [-0.39, 0.29) is 31.5 Å². The van der Waals surface area contributed by atoms with Crippen molar-refractivity contribution in [1.29, 1.82) is 0 Å². The number of carboxylic acid groups (broad SMARTS) is 1. The van der Waals surface area contributed by atoms with Gasteiger partial charge < -0.3 is 20.1 Å². The van der Waals surface area contributed by atoms with E-state index in [0.717, 1.165) is 22.3 Å². The van der Waals surface area contributed by atoms with Gasteiger partial charge in [-0.05, 0) is 48.4 Å². The van der Waals surface area contributed by atoms with Crippen molar-refractivity contribution in [2.75, 3.05) is 19.7 Å². The van der Waals surface area contributed by atoms with Crippen LogP contribution in [-0.2, 0) is 14.3 Å². The zero-order valence-electron chi connectivity index (χ0n) is 18.8. The van der Waals surface area contributed by atoms with Gasteiger partial charge in [0.2, 0.25) is 0 Å². The highest BCUT2D eigenvalue weighted by Gasteiger charge is 2.28. The predicted octanol–water partition coefficient (Wildman–Crippen LogP) is 3.63. The van der Waals surface area contributed by atoms with E-state index in [2.05, 4.69) is 41.4 Å². The summed E-state index contributed by atoms with van der Waals surface area (Å²) in [7, 11) is 0. The number of aliphatic carboxylic acids is 1. The number of hydrogen-bond donors (Lipinski definition) is 2. The largest absolute Gasteiger partial charge is 0.481 e. The number of hydrogen-bond acceptors (Lipinski definition) is 4. The lowest BCUT2D eigenvalue weighted by Crippen LogP contribution is -2.37. The molecule has 3 rings (SSSR count). The van der Waals surface area contributed by atoms with Crippen molar-refractivity contribution >= 4 is 18.0 Å². The van der Waals surface area contributed by atoms with Crippen molar-refractivity contribution in [2.45, 2.75) is 38.6 Å². The predicted molar refractivity (Wildman–Crippen MR) is 125 cm³/mol. The highest BCUT2D eigenvalue weighted by Crippen LogP contribution is 2.44. The Labute approximate surface area is 193 Å². The fraction of sp³-hybridized carbons (Fsp3) is 0.346. The van der Waals surface area contributed by atoms with Crippen LogP contribution in [0, 0.1) is 11.8 Å². The molecule has 0 radical (unpaired) electrons. The summed E-state index contributed by atoms with van der Waals surface area (Å²) >= 11 is 0. The second-order valence-electron chi connectivity index (χ2n) is 8.07. The Bertz CT molecular complexity index is 1040. The van der Waals surface area contributed by atoms with Crippen LogP contribution >= 0.6 is 0 Å². The summed E-state index contributed by atoms with van der Waals surface area (Å²) in [5.41, 5.74) is 4.58. The van der Waals surface area contributed by atoms with Crippen LogP contribution in [0.15, 0.2) is 48.5 Å². The van der Waals surface area contributed by atoms with Crippen molar-refractivity contribution in [1.82, 2.24) is 10.2 Å². The molecule has 0 heterocycles. The zero-order valence-corrected chi connectivity index (χ0v) is 18.8. The molecule has 0 unspecified atom stereocenters. The summed E-state index contributed by atoms with van der Waals surface area (Å²) in [6, 6.07) is 16.1. The number of carboxylic acids is 1. The second kappa shape index (κ2) is 11.2. The number of ether oxygens (including phenoxy) is 1. The molecule has 172 valence electrons. The number of nitrogens with one attached hydrogen (secondary N) is 1. The molecule has 0 aliphatic heterocycles. The normalized spacial score (nSPS) is 11.7. The van der Waals surface area contributed by atoms with Crippen molar-refractivity contribution in [3.63, 3.8) is 0 Å². The number of nitrogens with zero attached hydrogens (tertiary/aromatic N) is 1. The van der Waals surface area contributed by atoms with Crippen LogP contribution in [-0.4, -0.2) is 53.7 Å². The number of fused-ring (bicyclic) bond motifs is 3. The molecule has 2 aromatic rings. The Hall–Kier alpha value is -3.79. The number of carbonyl (C=O) groups is 3. The van der Waals surface area contributed by atoms with Gasteiger partial charge in [-0.3, -0.25) is 9.59 Å². The van der Waals surface area contributed by atoms with E-state index < -0.39 is 18.0 Å². The molecule has 1 aliphatic carbocycles. The molecule has 0 aromatic heterocycles. The lowest BCUT2D eigenvalue weighted by molar-refractivity contribution is -0.137. The first-order chi connectivity index (χ1) is 15.9. The van der Waals surface area contributed by atoms with Crippen molar-refractivity contribution in [3.05, 3.63) is 59.7 Å². The molecule has 0 saturated carbocycles. The van der Waals surface area contributed by atoms with E-state index >= 15 is 0 Å². The third-order valence-corrected chi connectivity index (χ3v) is 5.53. The molecule has 0 atom stereocenters. The summed E-state index contributed by atoms with van der Waals surface area (Å²) in [5.74, 6) is 3.82. The lowest BCUT2D eigenvalue weighted by Gasteiger charge is -2.24. The fourth-order valence-corrected chi connectivity index (χ4v) is 3.95. The average molecular weight is 449 g/mol. The first-order valence-corrected chi connectivity index (χ1v) is 11.0. The van der Waals surface area contributed by atoms with Crippen LogP contribution in [0.25, 0.3) is 11.1 Å². The molecule has 0 bridgehead atoms. The zero-order chi connectivity index (χ0) is 23.8. The Morgan fingerprint density at radius 1 is 1.06 bits per heavy atom. The number of benzene rings is 2. The molecular formula is C26H28N2O5. The van der Waals surface area contributed by atoms with Crippen LogP contribution in [0.4, 0.5) is 4.79 Å². The summed E-state index contributed by atoms with van der Waals surface area (Å²) in [6.07, 6.45) is -0.243. The van der Waals surface area contributed by atoms with Crippen LogP contribution in [0.1, 0.15) is 43.7 Å². The number of amides is 2. The van der Waals surface area contributed by atoms with Gasteiger partial charge in [-0.2, -0.15) is 0 Å². The van der Waals surface area contributed by atoms with E-state index in [0.29, 0.717) is 13.0 Å². The minimum atomic E-state index is -0.899. The van der Waals surface area contributed by atoms with Gasteiger partial charge in [-0.1, -0.05) is 54.5 Å². The van der Waals surface area contributed by atoms with Crippen LogP contribution in [0.2, 0.25) is 0 Å². The van der Waals surface area contributed by atoms with E-state index in [1.807, 2.05) is 38.1 Å². The number of alkyl carbamates (subject to hydrolysis) is 1. The third-order valence-electron chi connectivity index (χ3n) is 5.53. The molecule has 0 spiro atoms. The summed E-state index contributed by atoms with van der Waals surface area (Å²) in [6.45, 7) is 4.18. The average Bonchev–Trinajstić information content (AvgIpc) is 3.11. The maximum absolute atomic E-state index is 12.3. The van der Waals surface area contributed by atoms with E-state index in [4.69, 9.17) is 9.84 Å². The number of carbonyl (C=O) groups excluding carboxylic acids is 2. The SMILES string of the molecule is CC(C)N(CCCC(=O)O)C(=O)C#CCNC(=O)OCC1c2ccccc2-c2ccccc21. The Balaban J connectivity index is 1.49. The van der Waals surface area contributed by atoms with Gasteiger partial charge in [-0.15, -0.1) is 0 Å². The second-order valence-corrected chi connectivity index (χ2v) is 8.07. The summed E-state index contributed by atoms with van der Waals surface area (Å²) < 4.78 is 5.44. The van der Waals surface area contributed by atoms with Crippen molar-refractivity contribution in [3.8, 4) is 23.0 Å². The smallest absolute Gasteiger partial charge is 0.407 e. The molecular weight excluding hydrogens is 420 g/mol. The van der Waals surface area contributed by atoms with Gasteiger partial charge in [0.15, 0.2) is 0 Å². The summed E-state index contributed by atoms with van der Waals surface area (Å²) in [5, 5.41) is 11.3. The van der Waals surface area contributed by atoms with Crippen molar-refractivity contribution in [2.24, 2.45) is 0 Å². The quantitative estimate of drug-likeness (QED) is 0.601. The molecule has 7 nitrogen and oxygen atoms in total. The molecule has 0 saturated heterocycles. The molecule has 2 aromatic carbocycles. The van der Waals surface area contributed by atoms with Gasteiger partial charge in [0, 0.05) is 24.9 Å². The minimum absolute atomic E-state index is 0.00668. The van der Waals surface area contributed by atoms with Crippen LogP contribution in [0.3, 0.4) is 0 Å². The van der Waals surface area contributed by atoms with Gasteiger partial charge in [0.05, 0.1) is 6.54 Å². The molecule has 2 amide bonds. The Morgan fingerprint density at radius 2 is 1.67 bits per heavy atom. The molecule has 33 heavy (non-hydrogen) atoms. The molecule has 7 heteroatoms. The van der Waals surface area contributed by atoms with Gasteiger partial charge in [-0.25, -0.2) is 4.79 Å². The van der Waals surface area contributed by atoms with E-state index in [1.54, 1.807) is 0 Å². The summed E-state index contributed by atoms with van der Waals surface area (Å²) in [4.78, 5) is 36.7. The maximum atomic E-state index is 12.3. The monoisotopic (exact) mass is 448 g/mol. The van der Waals surface area contributed by atoms with Crippen LogP contribution in [0.5, 0.6) is 0 Å². The standard InChI is InChI=1S/C26H28N2O5/c1-18(2)28(16-8-14-25(30)31)24(29)13-7-15-27-26(32)33-17-23-21-11-5-3-9-19(21)20-10-4-6-12-22(20)23/h3-6,9-12,18,23H,8,14-17H2,1-2H3,(H,27,32)(H,30,31). The first kappa shape index (κ1) is 23.9. The molecule has 2 N–H and O–H groups in total. The Morgan fingerprint density at radius 3 is 2.24 bits per heavy atom. The number of rotatable bonds is 8. The molecule has 0 fully saturated rings. The topological polar surface area (TPSA) is 95.9 Å². The fourth-order valence-electron chi connectivity index (χ4n) is 3.95. The van der Waals surface area contributed by atoms with Crippen LogP contribution < -0.4 is 5.32 Å². The first-order valence-electron chi connectivity index (χ1n) is 11.0. The van der Waals surface area contributed by atoms with Gasteiger partial charge in [0.1, 0.15) is 6.61 Å². The highest BCUT2D eigenvalue weighted by molar-refractivity contribution is 5.93. The third kappa shape index (κ3) is 6.13. The van der Waals surface area contributed by atoms with E-state index in [9.17, 15) is 14.4 Å². The van der Waals surface area contributed by atoms with E-state index in [1.165, 1.54) is 4.90 Å². The minimum Gasteiger partial charge on any atom is -0.481 e. The maximum Gasteiger partial charge on any atom is 0.407 e. The Kier molecular flexibility index (Phi) is 8.09. The van der Waals surface area contributed by atoms with Crippen molar-refractivity contribution < 1.29 is 24.2 Å². The lowest BCUT2D eigenvalue weighted by atomic mass is 9.98. The highest BCUT2D eigenvalue weighted by atomic mass is 16.5. The van der Waals surface area contributed by atoms with Gasteiger partial charge >= 0.3 is 12.1 Å². The molecule has 1 aliphatic rings. The van der Waals surface area contributed by atoms with Gasteiger partial charge in [0.25, 0.3) is 5.91 Å².